The number of alkyl carbamates (subject to hydrolysis) is 2. The zero-order valence-corrected chi connectivity index (χ0v) is 32.6. The molecular weight excluding hydrogens is 713 g/mol. The molecule has 14 nitrogen and oxygen atoms in total. The topological polar surface area (TPSA) is 175 Å². The van der Waals surface area contributed by atoms with Crippen molar-refractivity contribution in [3.05, 3.63) is 83.0 Å². The first kappa shape index (κ1) is 39.4. The van der Waals surface area contributed by atoms with Gasteiger partial charge in [-0.2, -0.15) is 0 Å². The average molecular weight is 761 g/mol. The molecular formula is C42H48N8O6. The minimum absolute atomic E-state index is 0.114. The van der Waals surface area contributed by atoms with E-state index in [4.69, 9.17) is 9.47 Å². The first-order valence-corrected chi connectivity index (χ1v) is 18.9. The van der Waals surface area contributed by atoms with Crippen LogP contribution in [0.3, 0.4) is 0 Å². The Kier molecular flexibility index (Phi) is 12.3. The molecule has 4 amide bonds. The molecule has 6 rings (SSSR count). The average Bonchev–Trinajstić information content (AvgIpc) is 4.03. The maximum Gasteiger partial charge on any atom is 0.407 e. The highest BCUT2D eigenvalue weighted by molar-refractivity contribution is 5.87. The van der Waals surface area contributed by atoms with E-state index in [-0.39, 0.29) is 35.7 Å². The highest BCUT2D eigenvalue weighted by Gasteiger charge is 2.38. The SMILES string of the molecule is COC(=O)N[C@H](C(=O)N1CCC[C@H]1c1ncc(C#Cc2ccc3cc(C#Cc4cnc([C@@H]5CCCN5C(=O)[C@@H](NC(=O)OC)C(C)C)[nH]4)ccc3c2)[nH]1)C(C)C. The highest BCUT2D eigenvalue weighted by Crippen LogP contribution is 2.33. The summed E-state index contributed by atoms with van der Waals surface area (Å²) in [5, 5.41) is 7.38. The van der Waals surface area contributed by atoms with E-state index in [1.165, 1.54) is 14.2 Å². The Morgan fingerprint density at radius 3 is 1.46 bits per heavy atom. The van der Waals surface area contributed by atoms with Gasteiger partial charge in [0.25, 0.3) is 0 Å². The molecule has 4 N–H and O–H groups in total. The van der Waals surface area contributed by atoms with E-state index in [2.05, 4.69) is 54.3 Å². The van der Waals surface area contributed by atoms with E-state index in [1.54, 1.807) is 22.2 Å². The summed E-state index contributed by atoms with van der Waals surface area (Å²) in [5.41, 5.74) is 2.96. The summed E-state index contributed by atoms with van der Waals surface area (Å²) in [4.78, 5) is 70.0. The zero-order chi connectivity index (χ0) is 39.9. The Balaban J connectivity index is 1.10. The quantitative estimate of drug-likeness (QED) is 0.178. The van der Waals surface area contributed by atoms with Crippen LogP contribution in [0.5, 0.6) is 0 Å². The van der Waals surface area contributed by atoms with Crippen LogP contribution < -0.4 is 10.6 Å². The van der Waals surface area contributed by atoms with Gasteiger partial charge in [0, 0.05) is 24.2 Å². The number of benzene rings is 2. The van der Waals surface area contributed by atoms with Gasteiger partial charge in [-0.05, 0) is 84.4 Å². The van der Waals surface area contributed by atoms with Gasteiger partial charge in [-0.15, -0.1) is 0 Å². The number of aromatic amines is 2. The van der Waals surface area contributed by atoms with Crippen molar-refractivity contribution in [1.29, 1.82) is 0 Å². The molecule has 4 aromatic rings. The summed E-state index contributed by atoms with van der Waals surface area (Å²) in [6.45, 7) is 8.70. The molecule has 0 spiro atoms. The first-order chi connectivity index (χ1) is 26.9. The largest absolute Gasteiger partial charge is 0.453 e. The number of aromatic nitrogens is 4. The van der Waals surface area contributed by atoms with Crippen LogP contribution in [0.25, 0.3) is 10.8 Å². The van der Waals surface area contributed by atoms with Crippen LogP contribution >= 0.6 is 0 Å². The summed E-state index contributed by atoms with van der Waals surface area (Å²) in [5.74, 6) is 13.6. The standard InChI is InChI=1S/C42H48N8O6/c1-25(2)35(47-41(53)55-5)39(51)49-19-7-9-33(49)37-43-23-31(45-37)17-13-27-11-15-30-22-28(12-16-29(30)21-27)14-18-32-24-44-38(46-32)34-10-8-20-50(34)40(52)36(26(3)4)48-42(54)56-6/h11-12,15-16,21-26,33-36H,7-10,19-20H2,1-6H3,(H,43,45)(H,44,46)(H,47,53)(H,48,54)/t33-,34-,35-,36-/m0/s1. The second-order valence-corrected chi connectivity index (χ2v) is 14.7. The number of H-pyrrole nitrogens is 2. The number of hydrogen-bond donors (Lipinski definition) is 4. The summed E-state index contributed by atoms with van der Waals surface area (Å²) < 4.78 is 9.47. The molecule has 2 aromatic heterocycles. The number of likely N-dealkylation sites (tertiary alicyclic amines) is 2. The van der Waals surface area contributed by atoms with Crippen molar-refractivity contribution >= 4 is 34.8 Å². The Morgan fingerprint density at radius 2 is 1.09 bits per heavy atom. The molecule has 2 fully saturated rings. The number of nitrogens with one attached hydrogen (secondary N) is 4. The molecule has 2 saturated heterocycles. The van der Waals surface area contributed by atoms with Gasteiger partial charge in [-0.25, -0.2) is 19.6 Å². The van der Waals surface area contributed by atoms with Gasteiger partial charge in [0.2, 0.25) is 11.8 Å². The fraction of sp³-hybridized carbons (Fsp3) is 0.429. The van der Waals surface area contributed by atoms with Crippen molar-refractivity contribution in [2.45, 2.75) is 77.5 Å². The van der Waals surface area contributed by atoms with Crippen molar-refractivity contribution in [2.24, 2.45) is 11.8 Å². The number of fused-ring (bicyclic) bond motifs is 1. The fourth-order valence-corrected chi connectivity index (χ4v) is 7.20. The monoisotopic (exact) mass is 760 g/mol. The van der Waals surface area contributed by atoms with Gasteiger partial charge in [-0.3, -0.25) is 9.59 Å². The van der Waals surface area contributed by atoms with E-state index >= 15 is 0 Å². The van der Waals surface area contributed by atoms with Gasteiger partial charge in [0.05, 0.1) is 38.7 Å². The van der Waals surface area contributed by atoms with Crippen LogP contribution in [0, 0.1) is 35.5 Å². The van der Waals surface area contributed by atoms with E-state index in [0.717, 1.165) is 47.6 Å². The number of ether oxygens (including phenoxy) is 2. The second kappa shape index (κ2) is 17.5. The van der Waals surface area contributed by atoms with E-state index in [9.17, 15) is 19.2 Å². The molecule has 4 atom stereocenters. The van der Waals surface area contributed by atoms with Gasteiger partial charge in [-0.1, -0.05) is 51.7 Å². The lowest BCUT2D eigenvalue weighted by atomic mass is 10.0. The van der Waals surface area contributed by atoms with E-state index in [0.29, 0.717) is 36.1 Å². The van der Waals surface area contributed by atoms with Gasteiger partial charge in [0.15, 0.2) is 0 Å². The Morgan fingerprint density at radius 1 is 0.679 bits per heavy atom. The number of nitrogens with zero attached hydrogens (tertiary/aromatic N) is 4. The van der Waals surface area contributed by atoms with Crippen LogP contribution in [-0.4, -0.2) is 93.1 Å². The molecule has 292 valence electrons. The summed E-state index contributed by atoms with van der Waals surface area (Å²) >= 11 is 0. The maximum atomic E-state index is 13.5. The molecule has 2 aromatic carbocycles. The predicted octanol–water partition coefficient (Wildman–Crippen LogP) is 5.17. The lowest BCUT2D eigenvalue weighted by molar-refractivity contribution is -0.136. The molecule has 0 aliphatic carbocycles. The highest BCUT2D eigenvalue weighted by atomic mass is 16.5. The molecule has 4 heterocycles. The molecule has 0 radical (unpaired) electrons. The third-order valence-corrected chi connectivity index (χ3v) is 10.2. The summed E-state index contributed by atoms with van der Waals surface area (Å²) in [6, 6.07) is 10.1. The minimum Gasteiger partial charge on any atom is -0.453 e. The minimum atomic E-state index is -0.700. The van der Waals surface area contributed by atoms with E-state index < -0.39 is 24.3 Å². The predicted molar refractivity (Wildman–Crippen MR) is 209 cm³/mol. The van der Waals surface area contributed by atoms with Crippen LogP contribution in [0.1, 0.15) is 99.6 Å². The van der Waals surface area contributed by atoms with Crippen LogP contribution in [0.2, 0.25) is 0 Å². The Hall–Kier alpha value is -6.28. The van der Waals surface area contributed by atoms with Crippen LogP contribution in [0.4, 0.5) is 9.59 Å². The maximum absolute atomic E-state index is 13.5. The fourth-order valence-electron chi connectivity index (χ4n) is 7.20. The van der Waals surface area contributed by atoms with Crippen molar-refractivity contribution < 1.29 is 28.7 Å². The van der Waals surface area contributed by atoms with Crippen molar-refractivity contribution in [3.63, 3.8) is 0 Å². The number of carbonyl (C=O) groups is 4. The molecule has 0 saturated carbocycles. The smallest absolute Gasteiger partial charge is 0.407 e. The molecule has 14 heteroatoms. The first-order valence-electron chi connectivity index (χ1n) is 18.9. The lowest BCUT2D eigenvalue weighted by Crippen LogP contribution is -2.51. The molecule has 2 aliphatic heterocycles. The lowest BCUT2D eigenvalue weighted by Gasteiger charge is -2.29. The number of hydrogen-bond acceptors (Lipinski definition) is 8. The Bertz CT molecular complexity index is 2060. The summed E-state index contributed by atoms with van der Waals surface area (Å²) in [6.07, 6.45) is 5.27. The van der Waals surface area contributed by atoms with Gasteiger partial charge in [0.1, 0.15) is 35.1 Å². The summed E-state index contributed by atoms with van der Waals surface area (Å²) in [7, 11) is 2.56. The molecule has 0 bridgehead atoms. The second-order valence-electron chi connectivity index (χ2n) is 14.7. The third kappa shape index (κ3) is 8.98. The number of amides is 4. The van der Waals surface area contributed by atoms with Crippen LogP contribution in [0.15, 0.2) is 48.8 Å². The van der Waals surface area contributed by atoms with E-state index in [1.807, 2.05) is 64.1 Å². The number of carbonyl (C=O) groups excluding carboxylic acids is 4. The van der Waals surface area contributed by atoms with Crippen molar-refractivity contribution in [1.82, 2.24) is 40.4 Å². The molecule has 2 aliphatic rings. The molecule has 0 unspecified atom stereocenters. The molecule has 56 heavy (non-hydrogen) atoms. The Labute approximate surface area is 326 Å². The third-order valence-electron chi connectivity index (χ3n) is 10.2. The number of methoxy groups -OCH3 is 2. The zero-order valence-electron chi connectivity index (χ0n) is 32.6. The van der Waals surface area contributed by atoms with Crippen LogP contribution in [-0.2, 0) is 19.1 Å². The van der Waals surface area contributed by atoms with Crippen molar-refractivity contribution in [2.75, 3.05) is 27.3 Å². The van der Waals surface area contributed by atoms with Crippen molar-refractivity contribution in [3.8, 4) is 23.7 Å². The normalized spacial score (nSPS) is 17.5. The number of imidazole rings is 2. The van der Waals surface area contributed by atoms with Gasteiger partial charge >= 0.3 is 12.2 Å². The number of rotatable bonds is 8. The van der Waals surface area contributed by atoms with Gasteiger partial charge < -0.3 is 39.9 Å².